The molecule has 0 N–H and O–H groups in total. The largest absolute Gasteiger partial charge is 0.349 e. The van der Waals surface area contributed by atoms with E-state index in [-0.39, 0.29) is 29.7 Å². The molecule has 2 atom stereocenters. The van der Waals surface area contributed by atoms with Gasteiger partial charge in [-0.15, -0.1) is 0 Å². The number of hydrogen-bond acceptors (Lipinski definition) is 6. The van der Waals surface area contributed by atoms with Crippen molar-refractivity contribution in [3.05, 3.63) is 82.9 Å². The van der Waals surface area contributed by atoms with Crippen LogP contribution >= 0.6 is 11.6 Å². The first-order valence-electron chi connectivity index (χ1n) is 13.2. The molecule has 0 bridgehead atoms. The van der Waals surface area contributed by atoms with Crippen molar-refractivity contribution in [1.29, 1.82) is 0 Å². The first-order valence-corrected chi connectivity index (χ1v) is 13.6. The molecule has 2 fully saturated rings. The zero-order valence-electron chi connectivity index (χ0n) is 22.2. The molecule has 2 aliphatic heterocycles. The third-order valence-corrected chi connectivity index (χ3v) is 8.04. The fourth-order valence-electron chi connectivity index (χ4n) is 5.79. The number of piperazine rings is 1. The van der Waals surface area contributed by atoms with Crippen LogP contribution < -0.4 is 4.90 Å². The predicted molar refractivity (Wildman–Crippen MR) is 152 cm³/mol. The van der Waals surface area contributed by atoms with Gasteiger partial charge in [-0.3, -0.25) is 9.78 Å². The van der Waals surface area contributed by atoms with Crippen molar-refractivity contribution in [1.82, 2.24) is 19.8 Å². The van der Waals surface area contributed by atoms with E-state index < -0.39 is 0 Å². The highest BCUT2D eigenvalue weighted by Crippen LogP contribution is 2.44. The van der Waals surface area contributed by atoms with Crippen molar-refractivity contribution < 1.29 is 9.18 Å². The highest BCUT2D eigenvalue weighted by Gasteiger charge is 2.52. The number of amidine groups is 1. The Bertz CT molecular complexity index is 1520. The second kappa shape index (κ2) is 9.75. The average molecular weight is 545 g/mol. The lowest BCUT2D eigenvalue weighted by molar-refractivity contribution is -0.127. The van der Waals surface area contributed by atoms with Gasteiger partial charge in [-0.25, -0.2) is 14.4 Å². The number of anilines is 2. The average Bonchev–Trinajstić information content (AvgIpc) is 3.73. The Morgan fingerprint density at radius 1 is 1.18 bits per heavy atom. The molecule has 6 rings (SSSR count). The number of aromatic nitrogens is 2. The summed E-state index contributed by atoms with van der Waals surface area (Å²) < 4.78 is 14.9. The van der Waals surface area contributed by atoms with Crippen molar-refractivity contribution in [3.63, 3.8) is 0 Å². The van der Waals surface area contributed by atoms with Gasteiger partial charge in [-0.1, -0.05) is 44.2 Å². The van der Waals surface area contributed by atoms with Crippen LogP contribution in [-0.2, 0) is 4.79 Å². The molecular weight excluding hydrogens is 515 g/mol. The number of carbonyl (C=O) groups excluding carboxylic acids is 1. The number of aliphatic imine (C=N–C) groups is 1. The zero-order chi connectivity index (χ0) is 27.4. The van der Waals surface area contributed by atoms with Gasteiger partial charge in [0.25, 0.3) is 0 Å². The van der Waals surface area contributed by atoms with Crippen LogP contribution in [0.2, 0.25) is 5.02 Å². The first kappa shape index (κ1) is 25.5. The minimum Gasteiger partial charge on any atom is -0.349 e. The Morgan fingerprint density at radius 2 is 1.97 bits per heavy atom. The molecule has 1 aliphatic carbocycles. The number of nitrogens with zero attached hydrogens (tertiary/aromatic N) is 6. The number of rotatable bonds is 4. The van der Waals surface area contributed by atoms with E-state index in [9.17, 15) is 9.18 Å². The first-order chi connectivity index (χ1) is 18.8. The molecule has 1 saturated heterocycles. The van der Waals surface area contributed by atoms with Crippen molar-refractivity contribution in [2.24, 2.45) is 4.99 Å². The second-order valence-electron chi connectivity index (χ2n) is 10.5. The molecule has 4 heterocycles. The number of fused-ring (bicyclic) bond motifs is 2. The fourth-order valence-corrected chi connectivity index (χ4v) is 6.04. The third-order valence-electron chi connectivity index (χ3n) is 7.75. The Labute approximate surface area is 232 Å². The molecule has 3 aromatic rings. The Hall–Kier alpha value is -3.78. The lowest BCUT2D eigenvalue weighted by Gasteiger charge is -2.39. The van der Waals surface area contributed by atoms with Crippen LogP contribution in [0.1, 0.15) is 43.0 Å². The molecule has 39 heavy (non-hydrogen) atoms. The minimum atomic E-state index is -0.382. The van der Waals surface area contributed by atoms with Crippen LogP contribution in [0.15, 0.2) is 60.2 Å². The van der Waals surface area contributed by atoms with Crippen molar-refractivity contribution in [2.75, 3.05) is 24.7 Å². The van der Waals surface area contributed by atoms with Gasteiger partial charge in [0.1, 0.15) is 24.1 Å². The van der Waals surface area contributed by atoms with Crippen LogP contribution in [0, 0.1) is 12.7 Å². The number of halogens is 2. The lowest BCUT2D eigenvalue weighted by Crippen LogP contribution is -2.51. The predicted octanol–water partition coefficient (Wildman–Crippen LogP) is 5.69. The second-order valence-corrected chi connectivity index (χ2v) is 10.9. The summed E-state index contributed by atoms with van der Waals surface area (Å²) in [6, 6.07) is 10.7. The highest BCUT2D eigenvalue weighted by molar-refractivity contribution is 6.33. The maximum atomic E-state index is 14.9. The smallest absolute Gasteiger partial charge is 0.246 e. The van der Waals surface area contributed by atoms with E-state index in [0.717, 1.165) is 34.8 Å². The molecule has 1 amide bonds. The number of benzene rings is 1. The normalized spacial score (nSPS) is 19.9. The molecule has 0 radical (unpaired) electrons. The summed E-state index contributed by atoms with van der Waals surface area (Å²) in [5.41, 5.74) is 4.48. The summed E-state index contributed by atoms with van der Waals surface area (Å²) in [5, 5.41) is 0.355. The molecule has 0 spiro atoms. The zero-order valence-corrected chi connectivity index (χ0v) is 23.0. The van der Waals surface area contributed by atoms with Gasteiger partial charge >= 0.3 is 0 Å². The van der Waals surface area contributed by atoms with Crippen LogP contribution in [0.5, 0.6) is 0 Å². The Balaban J connectivity index is 1.49. The molecule has 9 heteroatoms. The molecule has 0 unspecified atom stereocenters. The van der Waals surface area contributed by atoms with Crippen LogP contribution in [0.25, 0.3) is 11.3 Å². The van der Waals surface area contributed by atoms with E-state index in [2.05, 4.69) is 37.1 Å². The Kier molecular flexibility index (Phi) is 6.38. The van der Waals surface area contributed by atoms with Crippen molar-refractivity contribution >= 4 is 34.8 Å². The van der Waals surface area contributed by atoms with E-state index in [1.54, 1.807) is 18.2 Å². The number of pyridine rings is 2. The lowest BCUT2D eigenvalue weighted by atomic mass is 10.0. The molecule has 3 aliphatic rings. The van der Waals surface area contributed by atoms with Gasteiger partial charge in [-0.2, -0.15) is 0 Å². The van der Waals surface area contributed by atoms with Gasteiger partial charge in [0, 0.05) is 24.8 Å². The standard InChI is InChI=1S/C30H30ClFN6O/c1-5-25(39)36-12-13-37(24-15-23(24)36)29-20-14-21(31)27(19-8-6-7-9-22(19)32)35-30(20)38(16-34-29)28-18(4)10-11-33-26(28)17(2)3/h5-11,14,17,23-24H,1,12-13,15-16H2,2-4H3/t23-,24+/m1/s1. The summed E-state index contributed by atoms with van der Waals surface area (Å²) in [4.78, 5) is 33.4. The van der Waals surface area contributed by atoms with Crippen molar-refractivity contribution in [3.8, 4) is 11.3 Å². The summed E-state index contributed by atoms with van der Waals surface area (Å²) in [7, 11) is 0. The molecule has 7 nitrogen and oxygen atoms in total. The summed E-state index contributed by atoms with van der Waals surface area (Å²) in [6.07, 6.45) is 4.09. The van der Waals surface area contributed by atoms with Crippen LogP contribution in [0.3, 0.4) is 0 Å². The quantitative estimate of drug-likeness (QED) is 0.395. The fraction of sp³-hybridized carbons (Fsp3) is 0.333. The number of hydrogen-bond donors (Lipinski definition) is 0. The maximum Gasteiger partial charge on any atom is 0.246 e. The van der Waals surface area contributed by atoms with Gasteiger partial charge in [-0.05, 0) is 55.2 Å². The Morgan fingerprint density at radius 3 is 2.72 bits per heavy atom. The number of aryl methyl sites for hydroxylation is 1. The third kappa shape index (κ3) is 4.27. The summed E-state index contributed by atoms with van der Waals surface area (Å²) >= 11 is 6.81. The maximum absolute atomic E-state index is 14.9. The van der Waals surface area contributed by atoms with Crippen LogP contribution in [0.4, 0.5) is 15.9 Å². The van der Waals surface area contributed by atoms with E-state index in [0.29, 0.717) is 41.9 Å². The topological polar surface area (TPSA) is 64.9 Å². The highest BCUT2D eigenvalue weighted by atomic mass is 35.5. The summed E-state index contributed by atoms with van der Waals surface area (Å²) in [5.74, 6) is 1.23. The molecule has 200 valence electrons. The van der Waals surface area contributed by atoms with Gasteiger partial charge in [0.15, 0.2) is 0 Å². The monoisotopic (exact) mass is 544 g/mol. The number of carbonyl (C=O) groups is 1. The molecular formula is C30H30ClFN6O. The molecule has 1 saturated carbocycles. The van der Waals surface area contributed by atoms with E-state index in [1.807, 2.05) is 23.2 Å². The van der Waals surface area contributed by atoms with Crippen molar-refractivity contribution in [2.45, 2.75) is 45.2 Å². The van der Waals surface area contributed by atoms with E-state index >= 15 is 0 Å². The SMILES string of the molecule is C=CC(=O)N1CCN(C2=NCN(c3c(C)ccnc3C(C)C)c3nc(-c4ccccc4F)c(Cl)cc32)[C@H]2C[C@H]21. The molecule has 2 aromatic heterocycles. The summed E-state index contributed by atoms with van der Waals surface area (Å²) in [6.45, 7) is 11.5. The minimum absolute atomic E-state index is 0.0354. The van der Waals surface area contributed by atoms with Crippen LogP contribution in [-0.4, -0.2) is 63.4 Å². The number of amides is 1. The van der Waals surface area contributed by atoms with E-state index in [1.165, 1.54) is 12.1 Å². The van der Waals surface area contributed by atoms with Gasteiger partial charge in [0.2, 0.25) is 5.91 Å². The molecule has 1 aromatic carbocycles. The van der Waals surface area contributed by atoms with E-state index in [4.69, 9.17) is 26.6 Å². The van der Waals surface area contributed by atoms with Gasteiger partial charge in [0.05, 0.1) is 39.7 Å². The van der Waals surface area contributed by atoms with Gasteiger partial charge < -0.3 is 14.7 Å².